The molecule has 88 valence electrons. The normalized spacial score (nSPS) is 10.2. The van der Waals surface area contributed by atoms with Gasteiger partial charge in [0, 0.05) is 6.20 Å². The van der Waals surface area contributed by atoms with E-state index < -0.39 is 5.97 Å². The fourth-order valence-corrected chi connectivity index (χ4v) is 1.56. The first-order valence-corrected chi connectivity index (χ1v) is 5.18. The lowest BCUT2D eigenvalue weighted by molar-refractivity contribution is 0.0600. The predicted octanol–water partition coefficient (Wildman–Crippen LogP) is 1.89. The summed E-state index contributed by atoms with van der Waals surface area (Å²) in [7, 11) is 1.32. The quantitative estimate of drug-likeness (QED) is 0.654. The summed E-state index contributed by atoms with van der Waals surface area (Å²) in [4.78, 5) is 11.4. The van der Waals surface area contributed by atoms with Gasteiger partial charge in [0.2, 0.25) is 0 Å². The number of carbonyl (C=O) groups excluding carboxylic acids is 1. The van der Waals surface area contributed by atoms with Crippen LogP contribution in [0.1, 0.15) is 10.4 Å². The largest absolute Gasteiger partial charge is 0.465 e. The number of halogens is 1. The number of methoxy groups -OCH3 is 1. The molecule has 6 heteroatoms. The maximum atomic E-state index is 11.4. The molecule has 1 aromatic carbocycles. The highest BCUT2D eigenvalue weighted by Gasteiger charge is 2.10. The molecule has 0 amide bonds. The van der Waals surface area contributed by atoms with Crippen molar-refractivity contribution in [3.05, 3.63) is 41.2 Å². The van der Waals surface area contributed by atoms with E-state index in [1.807, 2.05) is 0 Å². The zero-order valence-corrected chi connectivity index (χ0v) is 9.81. The molecule has 0 bridgehead atoms. The van der Waals surface area contributed by atoms with Crippen LogP contribution in [-0.2, 0) is 4.74 Å². The van der Waals surface area contributed by atoms with Gasteiger partial charge in [0.15, 0.2) is 0 Å². The lowest BCUT2D eigenvalue weighted by Crippen LogP contribution is -2.05. The summed E-state index contributed by atoms with van der Waals surface area (Å²) in [5, 5.41) is 4.52. The number of aromatic nitrogens is 2. The third-order valence-corrected chi connectivity index (χ3v) is 2.44. The molecule has 0 aliphatic rings. The number of rotatable bonds is 2. The number of anilines is 1. The van der Waals surface area contributed by atoms with Crippen LogP contribution in [-0.4, -0.2) is 22.9 Å². The average molecular weight is 252 g/mol. The molecule has 0 aliphatic carbocycles. The molecular weight excluding hydrogens is 242 g/mol. The van der Waals surface area contributed by atoms with Crippen molar-refractivity contribution in [1.82, 2.24) is 9.78 Å². The third kappa shape index (κ3) is 2.24. The van der Waals surface area contributed by atoms with Gasteiger partial charge in [0.1, 0.15) is 0 Å². The molecule has 0 fully saturated rings. The van der Waals surface area contributed by atoms with E-state index >= 15 is 0 Å². The molecule has 1 aromatic heterocycles. The van der Waals surface area contributed by atoms with E-state index in [9.17, 15) is 4.79 Å². The molecule has 2 rings (SSSR count). The van der Waals surface area contributed by atoms with Gasteiger partial charge in [-0.05, 0) is 18.2 Å². The summed E-state index contributed by atoms with van der Waals surface area (Å²) in [6.07, 6.45) is 3.10. The van der Waals surface area contributed by atoms with Crippen LogP contribution < -0.4 is 5.73 Å². The lowest BCUT2D eigenvalue weighted by atomic mass is 10.2. The van der Waals surface area contributed by atoms with E-state index in [1.54, 1.807) is 24.4 Å². The second-order valence-electron chi connectivity index (χ2n) is 3.37. The van der Waals surface area contributed by atoms with Gasteiger partial charge < -0.3 is 10.5 Å². The molecule has 5 nitrogen and oxygen atoms in total. The molecule has 0 saturated carbocycles. The van der Waals surface area contributed by atoms with Crippen LogP contribution in [0.3, 0.4) is 0 Å². The molecular formula is C11H10ClN3O2. The van der Waals surface area contributed by atoms with E-state index in [-0.39, 0.29) is 0 Å². The van der Waals surface area contributed by atoms with Crippen LogP contribution in [0.15, 0.2) is 30.6 Å². The molecule has 0 aliphatic heterocycles. The first-order chi connectivity index (χ1) is 8.11. The Hall–Kier alpha value is -2.01. The van der Waals surface area contributed by atoms with E-state index in [1.165, 1.54) is 18.0 Å². The minimum absolute atomic E-state index is 0.406. The Morgan fingerprint density at radius 2 is 2.29 bits per heavy atom. The number of nitrogens with zero attached hydrogens (tertiary/aromatic N) is 2. The first-order valence-electron chi connectivity index (χ1n) is 4.80. The van der Waals surface area contributed by atoms with Gasteiger partial charge in [-0.1, -0.05) is 11.6 Å². The van der Waals surface area contributed by atoms with E-state index in [4.69, 9.17) is 17.3 Å². The minimum Gasteiger partial charge on any atom is -0.465 e. The van der Waals surface area contributed by atoms with Crippen molar-refractivity contribution in [2.24, 2.45) is 0 Å². The van der Waals surface area contributed by atoms with Crippen molar-refractivity contribution in [3.63, 3.8) is 0 Å². The van der Waals surface area contributed by atoms with Gasteiger partial charge >= 0.3 is 5.97 Å². The molecule has 2 aromatic rings. The number of carbonyl (C=O) groups is 1. The Bertz CT molecular complexity index is 566. The van der Waals surface area contributed by atoms with E-state index in [0.29, 0.717) is 22.0 Å². The summed E-state index contributed by atoms with van der Waals surface area (Å²) in [5.74, 6) is -0.426. The van der Waals surface area contributed by atoms with Gasteiger partial charge in [-0.25, -0.2) is 9.48 Å². The SMILES string of the molecule is COC(=O)c1ccc(N)c(-n2cc(Cl)cn2)c1. The molecule has 2 N–H and O–H groups in total. The van der Waals surface area contributed by atoms with E-state index in [0.717, 1.165) is 0 Å². The Labute approximate surface area is 103 Å². The second-order valence-corrected chi connectivity index (χ2v) is 3.80. The van der Waals surface area contributed by atoms with Crippen molar-refractivity contribution < 1.29 is 9.53 Å². The van der Waals surface area contributed by atoms with Gasteiger partial charge in [0.05, 0.1) is 35.3 Å². The number of benzene rings is 1. The van der Waals surface area contributed by atoms with Crippen molar-refractivity contribution in [2.45, 2.75) is 0 Å². The maximum absolute atomic E-state index is 11.4. The average Bonchev–Trinajstić information content (AvgIpc) is 2.75. The van der Waals surface area contributed by atoms with Gasteiger partial charge in [-0.3, -0.25) is 0 Å². The number of nitrogens with two attached hydrogens (primary N) is 1. The second kappa shape index (κ2) is 4.47. The van der Waals surface area contributed by atoms with Crippen LogP contribution in [0.4, 0.5) is 5.69 Å². The van der Waals surface area contributed by atoms with Crippen LogP contribution in [0.2, 0.25) is 5.02 Å². The van der Waals surface area contributed by atoms with Gasteiger partial charge in [0.25, 0.3) is 0 Å². The molecule has 1 heterocycles. The molecule has 0 atom stereocenters. The number of nitrogen functional groups attached to an aromatic ring is 1. The Morgan fingerprint density at radius 3 is 2.88 bits per heavy atom. The predicted molar refractivity (Wildman–Crippen MR) is 64.3 cm³/mol. The van der Waals surface area contributed by atoms with Crippen molar-refractivity contribution >= 4 is 23.3 Å². The summed E-state index contributed by atoms with van der Waals surface area (Å²) >= 11 is 5.78. The Kier molecular flexibility index (Phi) is 3.01. The molecule has 0 saturated heterocycles. The molecule has 0 spiro atoms. The van der Waals surface area contributed by atoms with Crippen LogP contribution >= 0.6 is 11.6 Å². The van der Waals surface area contributed by atoms with Gasteiger partial charge in [-0.15, -0.1) is 0 Å². The smallest absolute Gasteiger partial charge is 0.337 e. The molecule has 17 heavy (non-hydrogen) atoms. The van der Waals surface area contributed by atoms with Crippen LogP contribution in [0, 0.1) is 0 Å². The summed E-state index contributed by atoms with van der Waals surface area (Å²) in [6.45, 7) is 0. The van der Waals surface area contributed by atoms with Crippen LogP contribution in [0.25, 0.3) is 5.69 Å². The zero-order chi connectivity index (χ0) is 12.4. The van der Waals surface area contributed by atoms with Crippen LogP contribution in [0.5, 0.6) is 0 Å². The minimum atomic E-state index is -0.426. The third-order valence-electron chi connectivity index (χ3n) is 2.25. The van der Waals surface area contributed by atoms with Crippen molar-refractivity contribution in [2.75, 3.05) is 12.8 Å². The lowest BCUT2D eigenvalue weighted by Gasteiger charge is -2.07. The number of ether oxygens (including phenoxy) is 1. The Balaban J connectivity index is 2.49. The highest BCUT2D eigenvalue weighted by atomic mass is 35.5. The molecule has 0 radical (unpaired) electrons. The summed E-state index contributed by atoms with van der Waals surface area (Å²) < 4.78 is 6.14. The molecule has 0 unspecified atom stereocenters. The highest BCUT2D eigenvalue weighted by Crippen LogP contribution is 2.20. The van der Waals surface area contributed by atoms with Crippen molar-refractivity contribution in [1.29, 1.82) is 0 Å². The Morgan fingerprint density at radius 1 is 1.53 bits per heavy atom. The van der Waals surface area contributed by atoms with Gasteiger partial charge in [-0.2, -0.15) is 5.10 Å². The number of hydrogen-bond acceptors (Lipinski definition) is 4. The summed E-state index contributed by atoms with van der Waals surface area (Å²) in [6, 6.07) is 4.82. The van der Waals surface area contributed by atoms with E-state index in [2.05, 4.69) is 9.84 Å². The zero-order valence-electron chi connectivity index (χ0n) is 9.05. The number of esters is 1. The summed E-state index contributed by atoms with van der Waals surface area (Å²) in [5.41, 5.74) is 7.30. The fourth-order valence-electron chi connectivity index (χ4n) is 1.42. The number of hydrogen-bond donors (Lipinski definition) is 1. The highest BCUT2D eigenvalue weighted by molar-refractivity contribution is 6.30. The first kappa shape index (κ1) is 11.5. The van der Waals surface area contributed by atoms with Crippen molar-refractivity contribution in [3.8, 4) is 5.69 Å². The topological polar surface area (TPSA) is 70.1 Å². The monoisotopic (exact) mass is 251 g/mol. The fraction of sp³-hybridized carbons (Fsp3) is 0.0909. The maximum Gasteiger partial charge on any atom is 0.337 e. The standard InChI is InChI=1S/C11H10ClN3O2/c1-17-11(16)7-2-3-9(13)10(4-7)15-6-8(12)5-14-15/h2-6H,13H2,1H3.